The fourth-order valence-corrected chi connectivity index (χ4v) is 7.11. The molecule has 1 amide bonds. The first-order valence-corrected chi connectivity index (χ1v) is 13.1. The Bertz CT molecular complexity index is 1130. The summed E-state index contributed by atoms with van der Waals surface area (Å²) >= 11 is 0. The molecular formula is C30H42N2O3. The molecule has 4 rings (SSSR count). The lowest BCUT2D eigenvalue weighted by Gasteiger charge is -2.59. The molecule has 0 saturated heterocycles. The van der Waals surface area contributed by atoms with Crippen LogP contribution in [0.3, 0.4) is 0 Å². The molecule has 2 aliphatic carbocycles. The molecule has 2 aliphatic rings. The van der Waals surface area contributed by atoms with E-state index in [0.717, 1.165) is 60.6 Å². The van der Waals surface area contributed by atoms with Crippen LogP contribution in [0.1, 0.15) is 71.8 Å². The van der Waals surface area contributed by atoms with Crippen molar-refractivity contribution in [3.05, 3.63) is 53.8 Å². The van der Waals surface area contributed by atoms with E-state index in [9.17, 15) is 15.0 Å². The SMILES string of the molecule is C=C1CC[C@@H]2C(C)(C)[C@H](O)CC[C@@]2(C)[C@@H]1CC/C(C)=C/C(=O)NCCc1c[nH]c2ccc(O)cc12. The Hall–Kier alpha value is -2.53. The van der Waals surface area contributed by atoms with Gasteiger partial charge in [0.2, 0.25) is 5.91 Å². The maximum Gasteiger partial charge on any atom is 0.243 e. The summed E-state index contributed by atoms with van der Waals surface area (Å²) in [5.41, 5.74) is 4.59. The van der Waals surface area contributed by atoms with Gasteiger partial charge in [-0.3, -0.25) is 4.79 Å². The number of fused-ring (bicyclic) bond motifs is 2. The van der Waals surface area contributed by atoms with Crippen molar-refractivity contribution < 1.29 is 15.0 Å². The molecule has 2 saturated carbocycles. The third-order valence-corrected chi connectivity index (χ3v) is 9.20. The van der Waals surface area contributed by atoms with E-state index >= 15 is 0 Å². The maximum atomic E-state index is 12.5. The second-order valence-electron chi connectivity index (χ2n) is 11.8. The number of phenolic OH excluding ortho intramolecular Hbond substituents is 1. The molecule has 0 aliphatic heterocycles. The summed E-state index contributed by atoms with van der Waals surface area (Å²) in [6, 6.07) is 5.28. The molecule has 1 heterocycles. The molecule has 4 N–H and O–H groups in total. The average molecular weight is 479 g/mol. The zero-order valence-corrected chi connectivity index (χ0v) is 21.8. The first-order valence-electron chi connectivity index (χ1n) is 13.1. The Labute approximate surface area is 209 Å². The van der Waals surface area contributed by atoms with Gasteiger partial charge in [-0.2, -0.15) is 0 Å². The van der Waals surface area contributed by atoms with E-state index in [1.807, 2.05) is 19.2 Å². The number of carbonyl (C=O) groups excluding carboxylic acids is 1. The van der Waals surface area contributed by atoms with Crippen LogP contribution in [0.15, 0.2) is 48.2 Å². The number of amides is 1. The number of phenols is 1. The number of hydrogen-bond acceptors (Lipinski definition) is 3. The summed E-state index contributed by atoms with van der Waals surface area (Å²) in [6.45, 7) is 13.9. The van der Waals surface area contributed by atoms with Crippen LogP contribution in [0.25, 0.3) is 10.9 Å². The van der Waals surface area contributed by atoms with Gasteiger partial charge >= 0.3 is 0 Å². The standard InChI is InChI=1S/C30H42N2O3/c1-19(16-28(35)31-15-13-21-18-32-25-10-8-22(33)17-23(21)25)6-9-24-20(2)7-11-26-29(3,4)27(34)12-14-30(24,26)5/h8,10,16-18,24,26-27,32-34H,2,6-7,9,11-15H2,1,3-5H3,(H,31,35)/b19-16+/t24-,26-,27-,30+/m1/s1. The van der Waals surface area contributed by atoms with Crippen LogP contribution in [0.5, 0.6) is 5.75 Å². The lowest BCUT2D eigenvalue weighted by molar-refractivity contribution is -0.124. The highest BCUT2D eigenvalue weighted by molar-refractivity contribution is 5.88. The van der Waals surface area contributed by atoms with Crippen molar-refractivity contribution in [2.45, 2.75) is 78.7 Å². The number of carbonyl (C=O) groups is 1. The van der Waals surface area contributed by atoms with Gasteiger partial charge in [0, 0.05) is 29.7 Å². The third kappa shape index (κ3) is 5.06. The number of aromatic nitrogens is 1. The highest BCUT2D eigenvalue weighted by atomic mass is 16.3. The molecule has 5 heteroatoms. The van der Waals surface area contributed by atoms with Crippen LogP contribution < -0.4 is 5.32 Å². The summed E-state index contributed by atoms with van der Waals surface area (Å²) in [4.78, 5) is 15.8. The monoisotopic (exact) mass is 478 g/mol. The molecule has 1 aromatic heterocycles. The van der Waals surface area contributed by atoms with Crippen LogP contribution in [0.2, 0.25) is 0 Å². The number of aliphatic hydroxyl groups excluding tert-OH is 1. The number of allylic oxidation sites excluding steroid dienone is 2. The zero-order chi connectivity index (χ0) is 25.4. The Balaban J connectivity index is 1.32. The number of benzene rings is 1. The second-order valence-corrected chi connectivity index (χ2v) is 11.8. The first-order chi connectivity index (χ1) is 16.5. The number of aromatic hydroxyl groups is 1. The van der Waals surface area contributed by atoms with Gasteiger partial charge < -0.3 is 20.5 Å². The van der Waals surface area contributed by atoms with Crippen molar-refractivity contribution >= 4 is 16.8 Å². The lowest BCUT2D eigenvalue weighted by Crippen LogP contribution is -2.54. The summed E-state index contributed by atoms with van der Waals surface area (Å²) in [6.07, 6.45) is 10.1. The number of hydrogen-bond donors (Lipinski definition) is 4. The van der Waals surface area contributed by atoms with Crippen LogP contribution in [0, 0.1) is 22.7 Å². The number of nitrogens with one attached hydrogen (secondary N) is 2. The fraction of sp³-hybridized carbons (Fsp3) is 0.567. The number of H-pyrrole nitrogens is 1. The number of rotatable bonds is 7. The van der Waals surface area contributed by atoms with E-state index in [4.69, 9.17) is 0 Å². The second kappa shape index (κ2) is 9.85. The minimum absolute atomic E-state index is 0.0568. The predicted octanol–water partition coefficient (Wildman–Crippen LogP) is 6.03. The van der Waals surface area contributed by atoms with Crippen molar-refractivity contribution in [1.82, 2.24) is 10.3 Å². The zero-order valence-electron chi connectivity index (χ0n) is 21.8. The molecule has 2 aromatic rings. The molecular weight excluding hydrogens is 436 g/mol. The molecule has 0 spiro atoms. The van der Waals surface area contributed by atoms with E-state index in [1.165, 1.54) is 5.57 Å². The van der Waals surface area contributed by atoms with Crippen LogP contribution >= 0.6 is 0 Å². The van der Waals surface area contributed by atoms with Gasteiger partial charge in [-0.1, -0.05) is 38.5 Å². The molecule has 4 atom stereocenters. The van der Waals surface area contributed by atoms with Gasteiger partial charge in [0.15, 0.2) is 0 Å². The van der Waals surface area contributed by atoms with Gasteiger partial charge in [-0.25, -0.2) is 0 Å². The lowest BCUT2D eigenvalue weighted by atomic mass is 9.46. The summed E-state index contributed by atoms with van der Waals surface area (Å²) in [5, 5.41) is 24.4. The molecule has 0 unspecified atom stereocenters. The third-order valence-electron chi connectivity index (χ3n) is 9.20. The Morgan fingerprint density at radius 1 is 1.29 bits per heavy atom. The highest BCUT2D eigenvalue weighted by Crippen LogP contribution is 2.61. The average Bonchev–Trinajstić information content (AvgIpc) is 3.18. The van der Waals surface area contributed by atoms with Crippen molar-refractivity contribution in [3.8, 4) is 5.75 Å². The van der Waals surface area contributed by atoms with Crippen molar-refractivity contribution in [1.29, 1.82) is 0 Å². The van der Waals surface area contributed by atoms with Crippen molar-refractivity contribution in [2.75, 3.05) is 6.54 Å². The minimum Gasteiger partial charge on any atom is -0.508 e. The van der Waals surface area contributed by atoms with E-state index in [-0.39, 0.29) is 28.6 Å². The molecule has 0 radical (unpaired) electrons. The van der Waals surface area contributed by atoms with Gasteiger partial charge in [0.25, 0.3) is 0 Å². The molecule has 5 nitrogen and oxygen atoms in total. The number of aromatic amines is 1. The van der Waals surface area contributed by atoms with E-state index in [1.54, 1.807) is 18.2 Å². The Morgan fingerprint density at radius 3 is 2.83 bits per heavy atom. The smallest absolute Gasteiger partial charge is 0.243 e. The van der Waals surface area contributed by atoms with Gasteiger partial charge in [0.1, 0.15) is 5.75 Å². The summed E-state index contributed by atoms with van der Waals surface area (Å²) in [7, 11) is 0. The molecule has 190 valence electrons. The quantitative estimate of drug-likeness (QED) is 0.290. The first kappa shape index (κ1) is 25.6. The molecule has 1 aromatic carbocycles. The normalized spacial score (nSPS) is 28.7. The minimum atomic E-state index is -0.229. The van der Waals surface area contributed by atoms with Crippen molar-refractivity contribution in [2.24, 2.45) is 22.7 Å². The Morgan fingerprint density at radius 2 is 2.06 bits per heavy atom. The van der Waals surface area contributed by atoms with Gasteiger partial charge in [0.05, 0.1) is 6.10 Å². The maximum absolute atomic E-state index is 12.5. The van der Waals surface area contributed by atoms with Gasteiger partial charge in [-0.15, -0.1) is 0 Å². The summed E-state index contributed by atoms with van der Waals surface area (Å²) in [5.74, 6) is 1.11. The number of aliphatic hydroxyl groups is 1. The largest absolute Gasteiger partial charge is 0.508 e. The van der Waals surface area contributed by atoms with Crippen LogP contribution in [-0.4, -0.2) is 33.8 Å². The van der Waals surface area contributed by atoms with E-state index in [0.29, 0.717) is 24.8 Å². The predicted molar refractivity (Wildman–Crippen MR) is 142 cm³/mol. The van der Waals surface area contributed by atoms with Crippen molar-refractivity contribution in [3.63, 3.8) is 0 Å². The highest BCUT2D eigenvalue weighted by Gasteiger charge is 2.55. The summed E-state index contributed by atoms with van der Waals surface area (Å²) < 4.78 is 0. The van der Waals surface area contributed by atoms with E-state index < -0.39 is 0 Å². The van der Waals surface area contributed by atoms with Crippen LogP contribution in [-0.2, 0) is 11.2 Å². The Kier molecular flexibility index (Phi) is 7.19. The molecule has 2 fully saturated rings. The molecule has 35 heavy (non-hydrogen) atoms. The van der Waals surface area contributed by atoms with E-state index in [2.05, 4.69) is 37.7 Å². The molecule has 0 bridgehead atoms. The van der Waals surface area contributed by atoms with Gasteiger partial charge in [-0.05, 0) is 98.3 Å². The fourth-order valence-electron chi connectivity index (χ4n) is 7.11. The topological polar surface area (TPSA) is 85.4 Å². The van der Waals surface area contributed by atoms with Crippen LogP contribution in [0.4, 0.5) is 0 Å².